The fourth-order valence-electron chi connectivity index (χ4n) is 2.51. The molecule has 0 aromatic heterocycles. The smallest absolute Gasteiger partial charge is 0.312 e. The summed E-state index contributed by atoms with van der Waals surface area (Å²) in [6, 6.07) is 0. The number of aliphatic hydroxyl groups is 2. The molecular formula is C20H40O4S. The van der Waals surface area contributed by atoms with Gasteiger partial charge in [-0.3, -0.25) is 4.79 Å². The summed E-state index contributed by atoms with van der Waals surface area (Å²) in [4.78, 5) is 12.1. The molecule has 0 fully saturated rings. The van der Waals surface area contributed by atoms with E-state index in [1.165, 1.54) is 63.1 Å². The van der Waals surface area contributed by atoms with Gasteiger partial charge in [0.1, 0.15) is 0 Å². The maximum atomic E-state index is 12.1. The molecule has 0 bridgehead atoms. The molecule has 5 heteroatoms. The number of ether oxygens (including phenoxy) is 1. The fourth-order valence-corrected chi connectivity index (χ4v) is 3.63. The Labute approximate surface area is 159 Å². The van der Waals surface area contributed by atoms with E-state index in [1.807, 2.05) is 13.8 Å². The van der Waals surface area contributed by atoms with Gasteiger partial charge in [0.2, 0.25) is 0 Å². The molecule has 2 N–H and O–H groups in total. The number of unbranched alkanes of at least 4 members (excludes halogenated alkanes) is 9. The van der Waals surface area contributed by atoms with Gasteiger partial charge in [0.15, 0.2) is 0 Å². The van der Waals surface area contributed by atoms with Crippen LogP contribution in [0.2, 0.25) is 0 Å². The monoisotopic (exact) mass is 376 g/mol. The lowest BCUT2D eigenvalue weighted by Gasteiger charge is -2.22. The Hall–Kier alpha value is -0.260. The standard InChI is InChI=1S/C20H40O4S/c1-4-5-6-7-8-9-10-11-12-13-14-24-19(23)20(2,3)17-25-16-18(22)15-21/h18,21-22H,4-17H2,1-3H3. The van der Waals surface area contributed by atoms with Gasteiger partial charge in [-0.1, -0.05) is 64.7 Å². The second-order valence-electron chi connectivity index (χ2n) is 7.55. The number of rotatable bonds is 17. The van der Waals surface area contributed by atoms with Crippen LogP contribution in [0.1, 0.15) is 85.0 Å². The maximum absolute atomic E-state index is 12.1. The minimum atomic E-state index is -0.719. The highest BCUT2D eigenvalue weighted by molar-refractivity contribution is 7.99. The van der Waals surface area contributed by atoms with E-state index in [0.29, 0.717) is 18.1 Å². The Morgan fingerprint density at radius 1 is 1.00 bits per heavy atom. The first kappa shape index (κ1) is 24.7. The second kappa shape index (κ2) is 16.0. The highest BCUT2D eigenvalue weighted by atomic mass is 32.2. The summed E-state index contributed by atoms with van der Waals surface area (Å²) < 4.78 is 5.40. The molecular weight excluding hydrogens is 336 g/mol. The van der Waals surface area contributed by atoms with Crippen molar-refractivity contribution in [3.05, 3.63) is 0 Å². The van der Waals surface area contributed by atoms with Gasteiger partial charge in [-0.25, -0.2) is 0 Å². The molecule has 1 unspecified atom stereocenters. The van der Waals surface area contributed by atoms with Crippen LogP contribution < -0.4 is 0 Å². The lowest BCUT2D eigenvalue weighted by Crippen LogP contribution is -2.30. The van der Waals surface area contributed by atoms with E-state index in [-0.39, 0.29) is 12.6 Å². The molecule has 0 radical (unpaired) electrons. The number of thioether (sulfide) groups is 1. The van der Waals surface area contributed by atoms with Gasteiger partial charge < -0.3 is 14.9 Å². The first-order chi connectivity index (χ1) is 11.9. The van der Waals surface area contributed by atoms with Gasteiger partial charge in [0.25, 0.3) is 0 Å². The van der Waals surface area contributed by atoms with Crippen LogP contribution >= 0.6 is 11.8 Å². The Morgan fingerprint density at radius 2 is 1.52 bits per heavy atom. The van der Waals surface area contributed by atoms with Gasteiger partial charge >= 0.3 is 5.97 Å². The molecule has 0 spiro atoms. The van der Waals surface area contributed by atoms with Crippen molar-refractivity contribution in [1.82, 2.24) is 0 Å². The molecule has 0 amide bonds. The van der Waals surface area contributed by atoms with Crippen molar-refractivity contribution in [2.75, 3.05) is 24.7 Å². The van der Waals surface area contributed by atoms with Crippen LogP contribution in [-0.2, 0) is 9.53 Å². The Kier molecular flexibility index (Phi) is 15.8. The van der Waals surface area contributed by atoms with Crippen LogP contribution in [0.15, 0.2) is 0 Å². The minimum Gasteiger partial charge on any atom is -0.465 e. The van der Waals surface area contributed by atoms with Gasteiger partial charge in [-0.15, -0.1) is 0 Å². The lowest BCUT2D eigenvalue weighted by molar-refractivity contribution is -0.152. The summed E-state index contributed by atoms with van der Waals surface area (Å²) in [5.41, 5.74) is -0.557. The summed E-state index contributed by atoms with van der Waals surface area (Å²) in [6.45, 7) is 6.24. The number of hydrogen-bond acceptors (Lipinski definition) is 5. The van der Waals surface area contributed by atoms with Crippen LogP contribution in [0.25, 0.3) is 0 Å². The SMILES string of the molecule is CCCCCCCCCCCCOC(=O)C(C)(C)CSCC(O)CO. The lowest BCUT2D eigenvalue weighted by atomic mass is 9.97. The van der Waals surface area contributed by atoms with Crippen LogP contribution in [-0.4, -0.2) is 47.0 Å². The molecule has 4 nitrogen and oxygen atoms in total. The molecule has 0 saturated heterocycles. The zero-order chi connectivity index (χ0) is 19.0. The highest BCUT2D eigenvalue weighted by Gasteiger charge is 2.29. The molecule has 0 aromatic rings. The van der Waals surface area contributed by atoms with E-state index in [2.05, 4.69) is 6.92 Å². The van der Waals surface area contributed by atoms with E-state index in [9.17, 15) is 9.90 Å². The molecule has 0 aromatic carbocycles. The highest BCUT2D eigenvalue weighted by Crippen LogP contribution is 2.24. The third kappa shape index (κ3) is 14.6. The minimum absolute atomic E-state index is 0.172. The van der Waals surface area contributed by atoms with Gasteiger partial charge in [-0.05, 0) is 20.3 Å². The zero-order valence-electron chi connectivity index (χ0n) is 16.6. The number of aliphatic hydroxyl groups excluding tert-OH is 2. The van der Waals surface area contributed by atoms with Crippen molar-refractivity contribution in [2.24, 2.45) is 5.41 Å². The topological polar surface area (TPSA) is 66.8 Å². The summed E-state index contributed by atoms with van der Waals surface area (Å²) in [5.74, 6) is 0.849. The van der Waals surface area contributed by atoms with Crippen molar-refractivity contribution in [3.8, 4) is 0 Å². The van der Waals surface area contributed by atoms with E-state index in [0.717, 1.165) is 12.8 Å². The average Bonchev–Trinajstić information content (AvgIpc) is 2.59. The molecule has 0 aliphatic carbocycles. The molecule has 25 heavy (non-hydrogen) atoms. The molecule has 1 atom stereocenters. The molecule has 0 aliphatic heterocycles. The van der Waals surface area contributed by atoms with Gasteiger partial charge in [0.05, 0.1) is 24.7 Å². The number of esters is 1. The quantitative estimate of drug-likeness (QED) is 0.288. The maximum Gasteiger partial charge on any atom is 0.312 e. The Balaban J connectivity index is 3.55. The second-order valence-corrected chi connectivity index (χ2v) is 8.58. The Morgan fingerprint density at radius 3 is 2.04 bits per heavy atom. The predicted octanol–water partition coefficient (Wildman–Crippen LogP) is 4.56. The van der Waals surface area contributed by atoms with Crippen molar-refractivity contribution < 1.29 is 19.7 Å². The van der Waals surface area contributed by atoms with Crippen molar-refractivity contribution >= 4 is 17.7 Å². The van der Waals surface area contributed by atoms with Crippen molar-refractivity contribution in [2.45, 2.75) is 91.1 Å². The number of carbonyl (C=O) groups excluding carboxylic acids is 1. The summed E-state index contributed by atoms with van der Waals surface area (Å²) in [6.07, 6.45) is 11.9. The molecule has 0 rings (SSSR count). The van der Waals surface area contributed by atoms with E-state index in [1.54, 1.807) is 0 Å². The summed E-state index contributed by atoms with van der Waals surface area (Å²) in [7, 11) is 0. The predicted molar refractivity (Wildman–Crippen MR) is 107 cm³/mol. The number of hydrogen-bond donors (Lipinski definition) is 2. The van der Waals surface area contributed by atoms with Crippen LogP contribution in [0.5, 0.6) is 0 Å². The molecule has 0 saturated carbocycles. The molecule has 0 aliphatic rings. The largest absolute Gasteiger partial charge is 0.465 e. The third-order valence-corrected chi connectivity index (χ3v) is 5.81. The van der Waals surface area contributed by atoms with E-state index in [4.69, 9.17) is 9.84 Å². The molecule has 0 heterocycles. The fraction of sp³-hybridized carbons (Fsp3) is 0.950. The van der Waals surface area contributed by atoms with Crippen molar-refractivity contribution in [1.29, 1.82) is 0 Å². The van der Waals surface area contributed by atoms with Crippen LogP contribution in [0.4, 0.5) is 0 Å². The van der Waals surface area contributed by atoms with Gasteiger partial charge in [0, 0.05) is 11.5 Å². The normalized spacial score (nSPS) is 13.0. The molecule has 150 valence electrons. The first-order valence-corrected chi connectivity index (χ1v) is 11.1. The number of carbonyl (C=O) groups is 1. The Bertz CT molecular complexity index is 321. The first-order valence-electron chi connectivity index (χ1n) is 9.98. The van der Waals surface area contributed by atoms with E-state index < -0.39 is 11.5 Å². The zero-order valence-corrected chi connectivity index (χ0v) is 17.4. The van der Waals surface area contributed by atoms with Crippen LogP contribution in [0.3, 0.4) is 0 Å². The van der Waals surface area contributed by atoms with Gasteiger partial charge in [-0.2, -0.15) is 11.8 Å². The third-order valence-electron chi connectivity index (χ3n) is 4.27. The summed E-state index contributed by atoms with van der Waals surface area (Å²) in [5, 5.41) is 18.1. The average molecular weight is 377 g/mol. The summed E-state index contributed by atoms with van der Waals surface area (Å²) >= 11 is 1.47. The van der Waals surface area contributed by atoms with Crippen LogP contribution in [0, 0.1) is 5.41 Å². The van der Waals surface area contributed by atoms with Crippen molar-refractivity contribution in [3.63, 3.8) is 0 Å². The van der Waals surface area contributed by atoms with E-state index >= 15 is 0 Å².